The smallest absolute Gasteiger partial charge is 0.267 e. The van der Waals surface area contributed by atoms with E-state index < -0.39 is 17.9 Å². The molecule has 1 amide bonds. The summed E-state index contributed by atoms with van der Waals surface area (Å²) in [5.74, 6) is -2.90. The second-order valence-corrected chi connectivity index (χ2v) is 7.40. The van der Waals surface area contributed by atoms with Crippen molar-refractivity contribution in [1.82, 2.24) is 29.3 Å². The van der Waals surface area contributed by atoms with E-state index in [-0.39, 0.29) is 24.1 Å². The Balaban J connectivity index is 1.62. The van der Waals surface area contributed by atoms with Crippen molar-refractivity contribution in [2.45, 2.75) is 24.8 Å². The van der Waals surface area contributed by atoms with Gasteiger partial charge >= 0.3 is 0 Å². The van der Waals surface area contributed by atoms with E-state index in [9.17, 15) is 13.6 Å². The summed E-state index contributed by atoms with van der Waals surface area (Å²) in [6.07, 6.45) is 4.88. The molecule has 1 aliphatic rings. The zero-order valence-electron chi connectivity index (χ0n) is 16.9. The molecule has 3 N–H and O–H groups in total. The Labute approximate surface area is 175 Å². The largest absolute Gasteiger partial charge is 0.385 e. The molecular formula is C20H20F2N8O. The van der Waals surface area contributed by atoms with Crippen LogP contribution in [0.15, 0.2) is 36.8 Å². The van der Waals surface area contributed by atoms with Crippen LogP contribution in [-0.4, -0.2) is 55.9 Å². The molecule has 11 heteroatoms. The van der Waals surface area contributed by atoms with Crippen molar-refractivity contribution in [3.63, 3.8) is 0 Å². The van der Waals surface area contributed by atoms with Gasteiger partial charge in [-0.25, -0.2) is 18.7 Å². The van der Waals surface area contributed by atoms with Crippen LogP contribution >= 0.6 is 0 Å². The maximum absolute atomic E-state index is 13.6. The predicted octanol–water partition coefficient (Wildman–Crippen LogP) is 2.65. The lowest BCUT2D eigenvalue weighted by Crippen LogP contribution is -2.55. The third-order valence-corrected chi connectivity index (χ3v) is 5.63. The number of hydrogen-bond acceptors (Lipinski definition) is 6. The van der Waals surface area contributed by atoms with Crippen molar-refractivity contribution >= 4 is 28.7 Å². The first-order valence-corrected chi connectivity index (χ1v) is 9.82. The number of aromatic nitrogens is 5. The third-order valence-electron chi connectivity index (χ3n) is 5.63. The number of pyridine rings is 1. The van der Waals surface area contributed by atoms with Crippen LogP contribution in [0.2, 0.25) is 0 Å². The van der Waals surface area contributed by atoms with Crippen LogP contribution in [-0.2, 0) is 0 Å². The number of imidazole rings is 1. The van der Waals surface area contributed by atoms with Gasteiger partial charge in [-0.2, -0.15) is 9.61 Å². The molecule has 31 heavy (non-hydrogen) atoms. The highest BCUT2D eigenvalue weighted by Crippen LogP contribution is 2.37. The first-order valence-electron chi connectivity index (χ1n) is 9.82. The van der Waals surface area contributed by atoms with Gasteiger partial charge in [0.1, 0.15) is 11.4 Å². The van der Waals surface area contributed by atoms with E-state index in [2.05, 4.69) is 31.0 Å². The predicted molar refractivity (Wildman–Crippen MR) is 112 cm³/mol. The van der Waals surface area contributed by atoms with E-state index in [4.69, 9.17) is 0 Å². The minimum absolute atomic E-state index is 0.134. The van der Waals surface area contributed by atoms with Crippen LogP contribution in [0.3, 0.4) is 0 Å². The van der Waals surface area contributed by atoms with E-state index in [0.717, 1.165) is 17.0 Å². The minimum Gasteiger partial charge on any atom is -0.385 e. The lowest BCUT2D eigenvalue weighted by atomic mass is 9.88. The lowest BCUT2D eigenvalue weighted by molar-refractivity contribution is -0.102. The van der Waals surface area contributed by atoms with Crippen LogP contribution in [0.5, 0.6) is 0 Å². The summed E-state index contributed by atoms with van der Waals surface area (Å²) in [5.41, 5.74) is 3.32. The first-order chi connectivity index (χ1) is 14.9. The Hall–Kier alpha value is -3.76. The van der Waals surface area contributed by atoms with Crippen molar-refractivity contribution < 1.29 is 13.6 Å². The summed E-state index contributed by atoms with van der Waals surface area (Å²) in [5, 5.41) is 12.8. The zero-order chi connectivity index (χ0) is 21.8. The van der Waals surface area contributed by atoms with Crippen molar-refractivity contribution in [2.75, 3.05) is 24.7 Å². The number of hydrogen-bond donors (Lipinski definition) is 3. The lowest BCUT2D eigenvalue weighted by Gasteiger charge is -2.36. The molecule has 0 radical (unpaired) electrons. The Morgan fingerprint density at radius 3 is 2.74 bits per heavy atom. The minimum atomic E-state index is -2.88. The highest BCUT2D eigenvalue weighted by atomic mass is 19.3. The van der Waals surface area contributed by atoms with Gasteiger partial charge in [0.25, 0.3) is 11.8 Å². The summed E-state index contributed by atoms with van der Waals surface area (Å²) >= 11 is 0. The first kappa shape index (κ1) is 19.2. The summed E-state index contributed by atoms with van der Waals surface area (Å²) in [6, 6.07) is 4.42. The van der Waals surface area contributed by atoms with Crippen molar-refractivity contribution in [3.05, 3.63) is 42.4 Å². The number of rotatable bonds is 5. The number of carbonyl (C=O) groups is 1. The number of amides is 1. The molecule has 4 heterocycles. The molecule has 0 bridgehead atoms. The molecule has 1 saturated carbocycles. The zero-order valence-corrected chi connectivity index (χ0v) is 16.9. The van der Waals surface area contributed by atoms with Gasteiger partial charge in [-0.05, 0) is 18.6 Å². The second kappa shape index (κ2) is 6.89. The number of fused-ring (bicyclic) bond motifs is 2. The van der Waals surface area contributed by atoms with Crippen molar-refractivity contribution in [1.29, 1.82) is 0 Å². The van der Waals surface area contributed by atoms with Gasteiger partial charge in [0.2, 0.25) is 0 Å². The molecule has 9 nitrogen and oxygen atoms in total. The average Bonchev–Trinajstić information content (AvgIpc) is 3.42. The molecule has 0 spiro atoms. The van der Waals surface area contributed by atoms with Crippen LogP contribution < -0.4 is 16.0 Å². The Bertz CT molecular complexity index is 1310. The monoisotopic (exact) mass is 426 g/mol. The molecule has 1 atom stereocenters. The molecule has 1 unspecified atom stereocenters. The number of anilines is 2. The number of nitrogens with zero attached hydrogens (tertiary/aromatic N) is 5. The van der Waals surface area contributed by atoms with Gasteiger partial charge < -0.3 is 16.0 Å². The Morgan fingerprint density at radius 2 is 2.06 bits per heavy atom. The Kier molecular flexibility index (Phi) is 4.27. The summed E-state index contributed by atoms with van der Waals surface area (Å²) < 4.78 is 30.6. The van der Waals surface area contributed by atoms with Crippen LogP contribution in [0.25, 0.3) is 22.7 Å². The fourth-order valence-corrected chi connectivity index (χ4v) is 3.77. The van der Waals surface area contributed by atoms with Gasteiger partial charge in [0.15, 0.2) is 11.3 Å². The van der Waals surface area contributed by atoms with E-state index in [0.29, 0.717) is 11.5 Å². The number of halogens is 2. The van der Waals surface area contributed by atoms with Gasteiger partial charge in [-0.1, -0.05) is 0 Å². The Morgan fingerprint density at radius 1 is 1.23 bits per heavy atom. The van der Waals surface area contributed by atoms with Crippen molar-refractivity contribution in [3.8, 4) is 11.4 Å². The molecule has 5 rings (SSSR count). The van der Waals surface area contributed by atoms with Gasteiger partial charge in [0.05, 0.1) is 29.3 Å². The van der Waals surface area contributed by atoms with Crippen LogP contribution in [0.4, 0.5) is 20.3 Å². The number of alkyl halides is 2. The highest BCUT2D eigenvalue weighted by molar-refractivity contribution is 6.00. The molecule has 160 valence electrons. The van der Waals surface area contributed by atoms with Gasteiger partial charge in [0, 0.05) is 39.0 Å². The maximum Gasteiger partial charge on any atom is 0.267 e. The normalized spacial score (nSPS) is 17.5. The third kappa shape index (κ3) is 2.95. The van der Waals surface area contributed by atoms with Gasteiger partial charge in [-0.3, -0.25) is 9.20 Å². The molecule has 0 aliphatic heterocycles. The number of nitrogens with one attached hydrogen (secondary N) is 3. The summed E-state index contributed by atoms with van der Waals surface area (Å²) in [6.45, 7) is 0. The van der Waals surface area contributed by atoms with Crippen molar-refractivity contribution in [2.24, 2.45) is 0 Å². The van der Waals surface area contributed by atoms with E-state index in [1.807, 2.05) is 29.8 Å². The summed E-state index contributed by atoms with van der Waals surface area (Å²) in [7, 11) is 3.54. The quantitative estimate of drug-likeness (QED) is 0.454. The second-order valence-electron chi connectivity index (χ2n) is 7.40. The molecule has 1 aliphatic carbocycles. The molecule has 4 aromatic heterocycles. The van der Waals surface area contributed by atoms with E-state index in [1.165, 1.54) is 10.7 Å². The molecule has 1 fully saturated rings. The standard InChI is InChI=1S/C20H20F2N8O/c1-23-12-3-4-14(29-8-7-25-18(12)29)13-9-16(24-2)30-17(27-13)11(10-26-30)19(31)28-15-5-6-20(15,21)22/h3-4,7-10,15,23-24H,5-6H2,1-2H3,(H,28,31). The van der Waals surface area contributed by atoms with E-state index >= 15 is 0 Å². The highest BCUT2D eigenvalue weighted by Gasteiger charge is 2.49. The molecule has 4 aromatic rings. The molecule has 0 saturated heterocycles. The topological polar surface area (TPSA) is 101 Å². The maximum atomic E-state index is 13.6. The van der Waals surface area contributed by atoms with Crippen LogP contribution in [0.1, 0.15) is 23.2 Å². The number of carbonyl (C=O) groups excluding carboxylic acids is 1. The van der Waals surface area contributed by atoms with Crippen LogP contribution in [0, 0.1) is 0 Å². The fourth-order valence-electron chi connectivity index (χ4n) is 3.77. The van der Waals surface area contributed by atoms with Gasteiger partial charge in [-0.15, -0.1) is 0 Å². The molecular weight excluding hydrogens is 406 g/mol. The summed E-state index contributed by atoms with van der Waals surface area (Å²) in [4.78, 5) is 21.8. The molecule has 0 aromatic carbocycles. The van der Waals surface area contributed by atoms with E-state index in [1.54, 1.807) is 19.3 Å². The fraction of sp³-hybridized carbons (Fsp3) is 0.300. The SMILES string of the molecule is CNc1ccc(-c2cc(NC)n3ncc(C(=O)NC4CCC4(F)F)c3n2)n2ccnc12. The average molecular weight is 426 g/mol.